The van der Waals surface area contributed by atoms with Crippen LogP contribution in [0.15, 0.2) is 53.7 Å². The lowest BCUT2D eigenvalue weighted by atomic mass is 10.1. The van der Waals surface area contributed by atoms with Crippen LogP contribution in [-0.2, 0) is 20.7 Å². The standard InChI is InChI=1S/C28H32Cl2N4O4S/c1-27(2,3)37-24(35)17-34(39-22-15-19(29)14-20(30)16-22)21-7-8-23-18(13-21)9-11-32(23)25-31-10-12-33(25)26(36)38-28(4,5)6/h7-8,10,12-16H,9,11,17H2,1-6H3. The molecule has 0 spiro atoms. The van der Waals surface area contributed by atoms with Crippen LogP contribution in [0.3, 0.4) is 0 Å². The van der Waals surface area contributed by atoms with E-state index in [4.69, 9.17) is 32.7 Å². The molecule has 8 nitrogen and oxygen atoms in total. The second-order valence-corrected chi connectivity index (χ2v) is 13.1. The van der Waals surface area contributed by atoms with Crippen LogP contribution in [0.2, 0.25) is 10.0 Å². The molecule has 208 valence electrons. The number of imidazole rings is 1. The number of carbonyl (C=O) groups excluding carboxylic acids is 2. The van der Waals surface area contributed by atoms with Crippen molar-refractivity contribution in [2.24, 2.45) is 0 Å². The van der Waals surface area contributed by atoms with Crippen LogP contribution in [-0.4, -0.2) is 45.9 Å². The van der Waals surface area contributed by atoms with Crippen LogP contribution in [0.1, 0.15) is 47.1 Å². The summed E-state index contributed by atoms with van der Waals surface area (Å²) < 4.78 is 14.4. The Balaban J connectivity index is 1.63. The number of benzene rings is 2. The van der Waals surface area contributed by atoms with Crippen molar-refractivity contribution in [2.75, 3.05) is 22.3 Å². The lowest BCUT2D eigenvalue weighted by Crippen LogP contribution is -2.31. The van der Waals surface area contributed by atoms with Crippen molar-refractivity contribution < 1.29 is 19.1 Å². The summed E-state index contributed by atoms with van der Waals surface area (Å²) in [6, 6.07) is 11.2. The van der Waals surface area contributed by atoms with E-state index in [0.717, 1.165) is 28.3 Å². The number of aromatic nitrogens is 2. The maximum absolute atomic E-state index is 12.8. The fraction of sp³-hybridized carbons (Fsp3) is 0.393. The Bertz CT molecular complexity index is 1360. The molecule has 0 unspecified atom stereocenters. The maximum Gasteiger partial charge on any atom is 0.421 e. The molecule has 2 heterocycles. The van der Waals surface area contributed by atoms with E-state index in [-0.39, 0.29) is 12.5 Å². The zero-order valence-electron chi connectivity index (χ0n) is 22.8. The minimum Gasteiger partial charge on any atom is -0.459 e. The highest BCUT2D eigenvalue weighted by Crippen LogP contribution is 2.39. The molecular weight excluding hydrogens is 559 g/mol. The zero-order chi connectivity index (χ0) is 28.5. The Morgan fingerprint density at radius 1 is 1.00 bits per heavy atom. The Kier molecular flexibility index (Phi) is 8.44. The summed E-state index contributed by atoms with van der Waals surface area (Å²) in [5.74, 6) is 0.133. The monoisotopic (exact) mass is 590 g/mol. The van der Waals surface area contributed by atoms with Crippen LogP contribution < -0.4 is 9.21 Å². The number of rotatable bonds is 6. The highest BCUT2D eigenvalue weighted by Gasteiger charge is 2.29. The highest BCUT2D eigenvalue weighted by molar-refractivity contribution is 8.00. The first-order valence-electron chi connectivity index (χ1n) is 12.5. The summed E-state index contributed by atoms with van der Waals surface area (Å²) in [6.07, 6.45) is 3.44. The van der Waals surface area contributed by atoms with Crippen molar-refractivity contribution in [3.63, 3.8) is 0 Å². The van der Waals surface area contributed by atoms with Crippen molar-refractivity contribution in [1.29, 1.82) is 0 Å². The van der Waals surface area contributed by atoms with E-state index in [1.54, 1.807) is 30.6 Å². The molecule has 3 aromatic rings. The van der Waals surface area contributed by atoms with Crippen LogP contribution in [0, 0.1) is 0 Å². The van der Waals surface area contributed by atoms with Gasteiger partial charge in [0, 0.05) is 45.3 Å². The summed E-state index contributed by atoms with van der Waals surface area (Å²) in [5, 5.41) is 1.01. The first kappa shape index (κ1) is 29.1. The average molecular weight is 592 g/mol. The summed E-state index contributed by atoms with van der Waals surface area (Å²) >= 11 is 13.8. The lowest BCUT2D eigenvalue weighted by molar-refractivity contribution is -0.152. The summed E-state index contributed by atoms with van der Waals surface area (Å²) in [4.78, 5) is 32.8. The van der Waals surface area contributed by atoms with Crippen molar-refractivity contribution in [1.82, 2.24) is 9.55 Å². The molecule has 0 bridgehead atoms. The van der Waals surface area contributed by atoms with Gasteiger partial charge in [-0.3, -0.25) is 4.79 Å². The Hall–Kier alpha value is -2.88. The molecule has 1 aliphatic heterocycles. The van der Waals surface area contributed by atoms with E-state index in [1.165, 1.54) is 16.5 Å². The van der Waals surface area contributed by atoms with Gasteiger partial charge in [-0.25, -0.2) is 14.3 Å². The van der Waals surface area contributed by atoms with Gasteiger partial charge < -0.3 is 18.7 Å². The molecule has 0 fully saturated rings. The quantitative estimate of drug-likeness (QED) is 0.215. The molecular formula is C28H32Cl2N4O4S. The van der Waals surface area contributed by atoms with E-state index >= 15 is 0 Å². The van der Waals surface area contributed by atoms with Gasteiger partial charge >= 0.3 is 12.1 Å². The zero-order valence-corrected chi connectivity index (χ0v) is 25.2. The molecule has 11 heteroatoms. The largest absolute Gasteiger partial charge is 0.459 e. The first-order chi connectivity index (χ1) is 18.2. The fourth-order valence-electron chi connectivity index (χ4n) is 4.08. The molecule has 4 rings (SSSR count). The Morgan fingerprint density at radius 2 is 1.67 bits per heavy atom. The second kappa shape index (κ2) is 11.3. The number of hydrogen-bond acceptors (Lipinski definition) is 8. The minimum absolute atomic E-state index is 0.0115. The number of anilines is 3. The van der Waals surface area contributed by atoms with Gasteiger partial charge in [-0.05, 0) is 102 Å². The van der Waals surface area contributed by atoms with Gasteiger partial charge in [0.15, 0.2) is 0 Å². The van der Waals surface area contributed by atoms with E-state index < -0.39 is 17.3 Å². The molecule has 0 amide bonds. The Labute approximate surface area is 243 Å². The normalized spacial score (nSPS) is 13.3. The molecule has 0 radical (unpaired) electrons. The first-order valence-corrected chi connectivity index (χ1v) is 14.0. The van der Waals surface area contributed by atoms with Crippen molar-refractivity contribution in [3.8, 4) is 0 Å². The van der Waals surface area contributed by atoms with Crippen molar-refractivity contribution in [3.05, 3.63) is 64.4 Å². The molecule has 1 aromatic heterocycles. The minimum atomic E-state index is -0.626. The van der Waals surface area contributed by atoms with Crippen LogP contribution in [0.25, 0.3) is 0 Å². The fourth-order valence-corrected chi connectivity index (χ4v) is 5.73. The molecule has 0 saturated carbocycles. The molecule has 0 saturated heterocycles. The van der Waals surface area contributed by atoms with Crippen LogP contribution in [0.4, 0.5) is 22.1 Å². The van der Waals surface area contributed by atoms with E-state index in [1.807, 2.05) is 68.9 Å². The number of ether oxygens (including phenoxy) is 2. The van der Waals surface area contributed by atoms with Gasteiger partial charge in [-0.15, -0.1) is 0 Å². The number of esters is 1. The number of fused-ring (bicyclic) bond motifs is 1. The van der Waals surface area contributed by atoms with Gasteiger partial charge in [0.05, 0.1) is 0 Å². The van der Waals surface area contributed by atoms with Gasteiger partial charge in [0.25, 0.3) is 0 Å². The van der Waals surface area contributed by atoms with E-state index in [2.05, 4.69) is 4.98 Å². The van der Waals surface area contributed by atoms with E-state index in [0.29, 0.717) is 22.5 Å². The predicted octanol–water partition coefficient (Wildman–Crippen LogP) is 7.52. The molecule has 2 aromatic carbocycles. The summed E-state index contributed by atoms with van der Waals surface area (Å²) in [5.41, 5.74) is 1.58. The SMILES string of the molecule is CC(C)(C)OC(=O)CN(Sc1cc(Cl)cc(Cl)c1)c1ccc2c(c1)CCN2c1nccn1C(=O)OC(C)(C)C. The number of carbonyl (C=O) groups is 2. The predicted molar refractivity (Wildman–Crippen MR) is 157 cm³/mol. The summed E-state index contributed by atoms with van der Waals surface area (Å²) in [6.45, 7) is 11.6. The van der Waals surface area contributed by atoms with Crippen LogP contribution >= 0.6 is 35.1 Å². The summed E-state index contributed by atoms with van der Waals surface area (Å²) in [7, 11) is 0. The molecule has 0 atom stereocenters. The third kappa shape index (κ3) is 7.62. The third-order valence-electron chi connectivity index (χ3n) is 5.44. The second-order valence-electron chi connectivity index (χ2n) is 11.1. The molecule has 39 heavy (non-hydrogen) atoms. The lowest BCUT2D eigenvalue weighted by Gasteiger charge is -2.26. The smallest absolute Gasteiger partial charge is 0.421 e. The topological polar surface area (TPSA) is 76.9 Å². The van der Waals surface area contributed by atoms with Crippen molar-refractivity contribution in [2.45, 2.75) is 64.1 Å². The number of hydrogen-bond donors (Lipinski definition) is 0. The van der Waals surface area contributed by atoms with Crippen LogP contribution in [0.5, 0.6) is 0 Å². The highest BCUT2D eigenvalue weighted by atomic mass is 35.5. The molecule has 1 aliphatic rings. The Morgan fingerprint density at radius 3 is 2.31 bits per heavy atom. The van der Waals surface area contributed by atoms with Gasteiger partial charge in [-0.2, -0.15) is 0 Å². The number of halogens is 2. The molecule has 0 N–H and O–H groups in total. The van der Waals surface area contributed by atoms with Crippen molar-refractivity contribution >= 4 is 64.5 Å². The van der Waals surface area contributed by atoms with E-state index in [9.17, 15) is 9.59 Å². The van der Waals surface area contributed by atoms with Gasteiger partial charge in [0.1, 0.15) is 17.7 Å². The molecule has 0 aliphatic carbocycles. The van der Waals surface area contributed by atoms with Gasteiger partial charge in [0.2, 0.25) is 5.95 Å². The third-order valence-corrected chi connectivity index (χ3v) is 6.89. The maximum atomic E-state index is 12.8. The van der Waals surface area contributed by atoms with Gasteiger partial charge in [-0.1, -0.05) is 23.2 Å². The average Bonchev–Trinajstić information content (AvgIpc) is 3.42. The number of nitrogens with zero attached hydrogens (tertiary/aromatic N) is 4.